The zero-order valence-electron chi connectivity index (χ0n) is 25.7. The summed E-state index contributed by atoms with van der Waals surface area (Å²) in [6, 6.07) is 10.3. The van der Waals surface area contributed by atoms with E-state index in [4.69, 9.17) is 11.5 Å². The van der Waals surface area contributed by atoms with Crippen molar-refractivity contribution in [1.82, 2.24) is 30.8 Å². The molecule has 248 valence electrons. The van der Waals surface area contributed by atoms with Gasteiger partial charge < -0.3 is 37.3 Å². The Morgan fingerprint density at radius 2 is 1.57 bits per heavy atom. The quantitative estimate of drug-likeness (QED) is 0.123. The molecule has 0 aliphatic carbocycles. The maximum atomic E-state index is 14.2. The number of amides is 6. The van der Waals surface area contributed by atoms with Gasteiger partial charge in [-0.05, 0) is 57.8 Å². The van der Waals surface area contributed by atoms with Gasteiger partial charge in [-0.1, -0.05) is 36.4 Å². The predicted molar refractivity (Wildman–Crippen MR) is 179 cm³/mol. The Kier molecular flexibility index (Phi) is 12.1. The number of benzene rings is 2. The second-order valence-corrected chi connectivity index (χ2v) is 12.6. The Morgan fingerprint density at radius 1 is 0.915 bits per heavy atom. The minimum atomic E-state index is -1.30. The third-order valence-electron chi connectivity index (χ3n) is 7.81. The van der Waals surface area contributed by atoms with Crippen LogP contribution in [0.25, 0.3) is 0 Å². The Labute approximate surface area is 284 Å². The Balaban J connectivity index is 1.61. The maximum absolute atomic E-state index is 14.2. The molecule has 2 heterocycles. The number of hydrogen-bond donors (Lipinski definition) is 6. The fourth-order valence-electron chi connectivity index (χ4n) is 5.44. The summed E-state index contributed by atoms with van der Waals surface area (Å²) < 4.78 is 0.970. The van der Waals surface area contributed by atoms with Gasteiger partial charge in [0.1, 0.15) is 24.2 Å². The zero-order chi connectivity index (χ0) is 34.1. The van der Waals surface area contributed by atoms with E-state index in [9.17, 15) is 28.8 Å². The first-order valence-corrected chi connectivity index (χ1v) is 16.0. The molecular weight excluding hydrogens is 719 g/mol. The average Bonchev–Trinajstić information content (AvgIpc) is 3.55. The van der Waals surface area contributed by atoms with E-state index in [1.54, 1.807) is 0 Å². The van der Waals surface area contributed by atoms with Crippen LogP contribution in [-0.2, 0) is 54.6 Å². The fourth-order valence-corrected chi connectivity index (χ4v) is 5.80. The molecular formula is C32H37IN8O6. The molecule has 1 aliphatic rings. The number of hydrogen-bond acceptors (Lipinski definition) is 7. The van der Waals surface area contributed by atoms with E-state index < -0.39 is 59.6 Å². The Hall–Kier alpha value is -4.80. The van der Waals surface area contributed by atoms with Gasteiger partial charge in [0, 0.05) is 54.6 Å². The van der Waals surface area contributed by atoms with Gasteiger partial charge >= 0.3 is 0 Å². The lowest BCUT2D eigenvalue weighted by Gasteiger charge is -2.37. The minimum Gasteiger partial charge on any atom is -0.370 e. The summed E-state index contributed by atoms with van der Waals surface area (Å²) in [6.45, 7) is 1.36. The van der Waals surface area contributed by atoms with Crippen LogP contribution in [0.15, 0.2) is 61.1 Å². The van der Waals surface area contributed by atoms with E-state index in [2.05, 4.69) is 48.5 Å². The molecule has 0 bridgehead atoms. The summed E-state index contributed by atoms with van der Waals surface area (Å²) >= 11 is 2.16. The molecule has 1 aliphatic heterocycles. The molecule has 1 aromatic heterocycles. The first kappa shape index (κ1) is 35.1. The van der Waals surface area contributed by atoms with Crippen molar-refractivity contribution in [2.24, 2.45) is 11.5 Å². The van der Waals surface area contributed by atoms with Gasteiger partial charge in [0.15, 0.2) is 0 Å². The number of rotatable bonds is 14. The molecule has 15 heteroatoms. The number of primary amides is 2. The van der Waals surface area contributed by atoms with Crippen LogP contribution in [0.4, 0.5) is 0 Å². The van der Waals surface area contributed by atoms with Crippen molar-refractivity contribution in [2.45, 2.75) is 69.7 Å². The molecule has 2 aromatic carbocycles. The highest BCUT2D eigenvalue weighted by atomic mass is 127. The molecule has 0 unspecified atom stereocenters. The highest BCUT2D eigenvalue weighted by Crippen LogP contribution is 2.25. The number of carbonyl (C=O) groups excluding carboxylic acids is 6. The topological polar surface area (TPSA) is 222 Å². The number of nitrogens with one attached hydrogen (secondary N) is 4. The van der Waals surface area contributed by atoms with Crippen LogP contribution in [0.2, 0.25) is 0 Å². The lowest BCUT2D eigenvalue weighted by molar-refractivity contribution is -0.144. The number of imidazole rings is 1. The van der Waals surface area contributed by atoms with E-state index in [1.807, 2.05) is 48.5 Å². The first-order chi connectivity index (χ1) is 22.4. The smallest absolute Gasteiger partial charge is 0.246 e. The SMILES string of the molecule is CC(=O)N[C@@H](Cc1cnc[nH]1)C(=O)N[C@@H](CCC(N)=O)C(=O)N[C@H](Cc1ccc(I)cc1)C(=O)N1Cc2ccccc2C[C@@H]1C(N)=O. The molecule has 0 radical (unpaired) electrons. The third kappa shape index (κ3) is 9.84. The number of halogens is 1. The summed E-state index contributed by atoms with van der Waals surface area (Å²) in [6.07, 6.45) is 2.85. The predicted octanol–water partition coefficient (Wildman–Crippen LogP) is -0.0219. The maximum Gasteiger partial charge on any atom is 0.246 e. The summed E-state index contributed by atoms with van der Waals surface area (Å²) in [5, 5.41) is 7.94. The third-order valence-corrected chi connectivity index (χ3v) is 8.53. The molecule has 0 spiro atoms. The van der Waals surface area contributed by atoms with Gasteiger partial charge in [-0.2, -0.15) is 0 Å². The Bertz CT molecular complexity index is 1610. The summed E-state index contributed by atoms with van der Waals surface area (Å²) in [4.78, 5) is 85.9. The highest BCUT2D eigenvalue weighted by molar-refractivity contribution is 14.1. The second-order valence-electron chi connectivity index (χ2n) is 11.3. The molecule has 3 aromatic rings. The van der Waals surface area contributed by atoms with Gasteiger partial charge in [0.05, 0.1) is 6.33 Å². The number of nitrogens with two attached hydrogens (primary N) is 2. The second kappa shape index (κ2) is 16.2. The van der Waals surface area contributed by atoms with Gasteiger partial charge in [0.25, 0.3) is 0 Å². The standard InChI is InChI=1S/C32H37IN8O6/c1-18(42)38-25(14-23-15-36-17-37-23)31(46)39-24(10-11-28(34)43)30(45)40-26(12-19-6-8-22(33)9-7-19)32(47)41-16-21-5-3-2-4-20(21)13-27(41)29(35)44/h2-9,15,17,24-27H,10-14,16H2,1H3,(H2,34,43)(H2,35,44)(H,36,37)(H,38,42)(H,39,46)(H,40,45)/t24-,25-,26+,27+/m0/s1. The van der Waals surface area contributed by atoms with Gasteiger partial charge in [0.2, 0.25) is 35.4 Å². The van der Waals surface area contributed by atoms with Crippen LogP contribution < -0.4 is 27.4 Å². The first-order valence-electron chi connectivity index (χ1n) is 15.0. The molecule has 6 amide bonds. The molecule has 4 rings (SSSR count). The van der Waals surface area contributed by atoms with Gasteiger partial charge in [-0.25, -0.2) is 4.98 Å². The molecule has 4 atom stereocenters. The molecule has 0 saturated carbocycles. The zero-order valence-corrected chi connectivity index (χ0v) is 27.9. The van der Waals surface area contributed by atoms with E-state index in [0.29, 0.717) is 5.69 Å². The largest absolute Gasteiger partial charge is 0.370 e. The number of fused-ring (bicyclic) bond motifs is 1. The number of H-pyrrole nitrogens is 1. The van der Waals surface area contributed by atoms with E-state index in [-0.39, 0.29) is 38.6 Å². The average molecular weight is 757 g/mol. The monoisotopic (exact) mass is 756 g/mol. The molecule has 47 heavy (non-hydrogen) atoms. The number of nitrogens with zero attached hydrogens (tertiary/aromatic N) is 2. The summed E-state index contributed by atoms with van der Waals surface area (Å²) in [5.74, 6) is -3.83. The van der Waals surface area contributed by atoms with Crippen molar-refractivity contribution in [3.63, 3.8) is 0 Å². The lowest BCUT2D eigenvalue weighted by Crippen LogP contribution is -2.60. The fraction of sp³-hybridized carbons (Fsp3) is 0.344. The number of aromatic amines is 1. The van der Waals surface area contributed by atoms with E-state index in [1.165, 1.54) is 24.3 Å². The lowest BCUT2D eigenvalue weighted by atomic mass is 9.92. The van der Waals surface area contributed by atoms with Crippen LogP contribution in [0, 0.1) is 3.57 Å². The van der Waals surface area contributed by atoms with Crippen LogP contribution in [0.5, 0.6) is 0 Å². The number of carbonyl (C=O) groups is 6. The van der Waals surface area contributed by atoms with E-state index >= 15 is 0 Å². The minimum absolute atomic E-state index is 0.0500. The van der Waals surface area contributed by atoms with Crippen molar-refractivity contribution in [1.29, 1.82) is 0 Å². The van der Waals surface area contributed by atoms with Gasteiger partial charge in [-0.15, -0.1) is 0 Å². The van der Waals surface area contributed by atoms with Gasteiger partial charge in [-0.3, -0.25) is 28.8 Å². The van der Waals surface area contributed by atoms with Crippen molar-refractivity contribution in [2.75, 3.05) is 0 Å². The normalized spacial score (nSPS) is 15.8. The van der Waals surface area contributed by atoms with Crippen LogP contribution >= 0.6 is 22.6 Å². The summed E-state index contributed by atoms with van der Waals surface area (Å²) in [5.41, 5.74) is 14.2. The molecule has 0 saturated heterocycles. The summed E-state index contributed by atoms with van der Waals surface area (Å²) in [7, 11) is 0. The van der Waals surface area contributed by atoms with E-state index in [0.717, 1.165) is 20.3 Å². The molecule has 0 fully saturated rings. The molecule has 14 nitrogen and oxygen atoms in total. The molecule has 8 N–H and O–H groups in total. The van der Waals surface area contributed by atoms with Crippen LogP contribution in [0.3, 0.4) is 0 Å². The van der Waals surface area contributed by atoms with Crippen molar-refractivity contribution < 1.29 is 28.8 Å². The Morgan fingerprint density at radius 3 is 2.19 bits per heavy atom. The van der Waals surface area contributed by atoms with Crippen molar-refractivity contribution >= 4 is 58.0 Å². The highest BCUT2D eigenvalue weighted by Gasteiger charge is 2.38. The van der Waals surface area contributed by atoms with Crippen molar-refractivity contribution in [3.05, 3.63) is 87.0 Å². The van der Waals surface area contributed by atoms with Crippen LogP contribution in [-0.4, -0.2) is 74.5 Å². The van der Waals surface area contributed by atoms with Crippen molar-refractivity contribution in [3.8, 4) is 0 Å². The number of aromatic nitrogens is 2. The van der Waals surface area contributed by atoms with Crippen LogP contribution in [0.1, 0.15) is 42.1 Å².